The van der Waals surface area contributed by atoms with Gasteiger partial charge < -0.3 is 5.73 Å². The van der Waals surface area contributed by atoms with E-state index < -0.39 is 9.84 Å². The van der Waals surface area contributed by atoms with Crippen molar-refractivity contribution in [3.8, 4) is 0 Å². The third-order valence-electron chi connectivity index (χ3n) is 3.78. The molecule has 3 nitrogen and oxygen atoms in total. The lowest BCUT2D eigenvalue weighted by Gasteiger charge is -2.41. The van der Waals surface area contributed by atoms with Crippen LogP contribution in [0.4, 0.5) is 0 Å². The van der Waals surface area contributed by atoms with Crippen LogP contribution in [0.25, 0.3) is 0 Å². The monoisotopic (exact) mass is 253 g/mol. The van der Waals surface area contributed by atoms with E-state index in [1.165, 1.54) is 31.1 Å². The van der Waals surface area contributed by atoms with Crippen molar-refractivity contribution in [2.45, 2.75) is 30.6 Å². The minimum Gasteiger partial charge on any atom is -0.330 e. The van der Waals surface area contributed by atoms with Crippen molar-refractivity contribution >= 4 is 9.84 Å². The number of nitrogens with two attached hydrogens (primary N) is 1. The van der Waals surface area contributed by atoms with Gasteiger partial charge in [-0.2, -0.15) is 0 Å². The van der Waals surface area contributed by atoms with E-state index in [4.69, 9.17) is 5.73 Å². The SMILES string of the molecule is CS(=O)(=O)c1ccc(CC2(CN)CCC2)cc1. The molecule has 0 unspecified atom stereocenters. The maximum absolute atomic E-state index is 11.3. The molecule has 2 rings (SSSR count). The summed E-state index contributed by atoms with van der Waals surface area (Å²) in [6, 6.07) is 7.19. The predicted octanol–water partition coefficient (Wildman–Crippen LogP) is 1.76. The zero-order valence-electron chi connectivity index (χ0n) is 10.1. The highest BCUT2D eigenvalue weighted by atomic mass is 32.2. The molecule has 1 aromatic carbocycles. The van der Waals surface area contributed by atoms with E-state index in [1.54, 1.807) is 12.1 Å². The minimum absolute atomic E-state index is 0.270. The molecular weight excluding hydrogens is 234 g/mol. The summed E-state index contributed by atoms with van der Waals surface area (Å²) in [5, 5.41) is 0. The lowest BCUT2D eigenvalue weighted by Crippen LogP contribution is -2.39. The van der Waals surface area contributed by atoms with Crippen molar-refractivity contribution in [1.29, 1.82) is 0 Å². The van der Waals surface area contributed by atoms with Gasteiger partial charge in [-0.1, -0.05) is 18.6 Å². The van der Waals surface area contributed by atoms with E-state index in [0.29, 0.717) is 4.90 Å². The van der Waals surface area contributed by atoms with Crippen LogP contribution in [-0.2, 0) is 16.3 Å². The van der Waals surface area contributed by atoms with Crippen LogP contribution < -0.4 is 5.73 Å². The molecule has 0 spiro atoms. The fourth-order valence-electron chi connectivity index (χ4n) is 2.42. The lowest BCUT2D eigenvalue weighted by molar-refractivity contribution is 0.145. The van der Waals surface area contributed by atoms with Crippen LogP contribution >= 0.6 is 0 Å². The quantitative estimate of drug-likeness (QED) is 0.889. The molecule has 1 aliphatic carbocycles. The summed E-state index contributed by atoms with van der Waals surface area (Å²) >= 11 is 0. The average molecular weight is 253 g/mol. The zero-order valence-corrected chi connectivity index (χ0v) is 11.0. The van der Waals surface area contributed by atoms with Crippen molar-refractivity contribution < 1.29 is 8.42 Å². The van der Waals surface area contributed by atoms with E-state index >= 15 is 0 Å². The Morgan fingerprint density at radius 3 is 2.18 bits per heavy atom. The second kappa shape index (κ2) is 4.42. The Morgan fingerprint density at radius 1 is 1.24 bits per heavy atom. The van der Waals surface area contributed by atoms with Crippen molar-refractivity contribution in [2.75, 3.05) is 12.8 Å². The molecular formula is C13H19NO2S. The van der Waals surface area contributed by atoms with Crippen LogP contribution in [-0.4, -0.2) is 21.2 Å². The highest BCUT2D eigenvalue weighted by Gasteiger charge is 2.35. The number of benzene rings is 1. The Labute approximate surface area is 103 Å². The molecule has 0 saturated heterocycles. The van der Waals surface area contributed by atoms with Crippen LogP contribution in [0, 0.1) is 5.41 Å². The normalized spacial score (nSPS) is 18.7. The lowest BCUT2D eigenvalue weighted by atomic mass is 9.65. The predicted molar refractivity (Wildman–Crippen MR) is 68.6 cm³/mol. The Bertz CT molecular complexity index is 481. The molecule has 1 saturated carbocycles. The highest BCUT2D eigenvalue weighted by Crippen LogP contribution is 2.42. The first-order valence-electron chi connectivity index (χ1n) is 5.94. The second-order valence-electron chi connectivity index (χ2n) is 5.15. The van der Waals surface area contributed by atoms with Crippen LogP contribution in [0.5, 0.6) is 0 Å². The number of hydrogen-bond acceptors (Lipinski definition) is 3. The maximum Gasteiger partial charge on any atom is 0.175 e. The van der Waals surface area contributed by atoms with E-state index in [2.05, 4.69) is 0 Å². The van der Waals surface area contributed by atoms with Gasteiger partial charge in [-0.3, -0.25) is 0 Å². The van der Waals surface area contributed by atoms with Crippen molar-refractivity contribution in [3.05, 3.63) is 29.8 Å². The second-order valence-corrected chi connectivity index (χ2v) is 7.17. The summed E-state index contributed by atoms with van der Waals surface area (Å²) in [6.45, 7) is 0.723. The smallest absolute Gasteiger partial charge is 0.175 e. The van der Waals surface area contributed by atoms with Gasteiger partial charge >= 0.3 is 0 Å². The summed E-state index contributed by atoms with van der Waals surface area (Å²) in [5.74, 6) is 0. The molecule has 4 heteroatoms. The molecule has 0 radical (unpaired) electrons. The molecule has 0 bridgehead atoms. The Balaban J connectivity index is 2.14. The fraction of sp³-hybridized carbons (Fsp3) is 0.538. The van der Waals surface area contributed by atoms with Gasteiger partial charge in [0.25, 0.3) is 0 Å². The first-order valence-corrected chi connectivity index (χ1v) is 7.83. The van der Waals surface area contributed by atoms with Gasteiger partial charge in [0.2, 0.25) is 0 Å². The Morgan fingerprint density at radius 2 is 1.82 bits per heavy atom. The standard InChI is InChI=1S/C13H19NO2S/c1-17(15,16)12-5-3-11(4-6-12)9-13(10-14)7-2-8-13/h3-6H,2,7-10,14H2,1H3. The molecule has 0 aromatic heterocycles. The molecule has 0 atom stereocenters. The minimum atomic E-state index is -3.09. The fourth-order valence-corrected chi connectivity index (χ4v) is 3.05. The van der Waals surface area contributed by atoms with Gasteiger partial charge in [0.05, 0.1) is 4.90 Å². The zero-order chi connectivity index (χ0) is 12.5. The molecule has 0 heterocycles. The molecule has 1 aliphatic rings. The first kappa shape index (κ1) is 12.6. The molecule has 0 aliphatic heterocycles. The van der Waals surface area contributed by atoms with E-state index in [-0.39, 0.29) is 5.41 Å². The number of sulfone groups is 1. The van der Waals surface area contributed by atoms with E-state index in [1.807, 2.05) is 12.1 Å². The van der Waals surface area contributed by atoms with Crippen molar-refractivity contribution in [2.24, 2.45) is 11.1 Å². The van der Waals surface area contributed by atoms with Gasteiger partial charge in [-0.05, 0) is 48.9 Å². The topological polar surface area (TPSA) is 60.2 Å². The summed E-state index contributed by atoms with van der Waals surface area (Å²) in [4.78, 5) is 0.386. The van der Waals surface area contributed by atoms with E-state index in [0.717, 1.165) is 13.0 Å². The summed E-state index contributed by atoms with van der Waals surface area (Å²) < 4.78 is 22.7. The van der Waals surface area contributed by atoms with Crippen LogP contribution in [0.1, 0.15) is 24.8 Å². The summed E-state index contributed by atoms with van der Waals surface area (Å²) in [5.41, 5.74) is 7.27. The van der Waals surface area contributed by atoms with Crippen LogP contribution in [0.15, 0.2) is 29.2 Å². The Kier molecular flexibility index (Phi) is 3.27. The van der Waals surface area contributed by atoms with Gasteiger partial charge in [0.1, 0.15) is 0 Å². The largest absolute Gasteiger partial charge is 0.330 e. The molecule has 2 N–H and O–H groups in total. The van der Waals surface area contributed by atoms with Gasteiger partial charge in [-0.15, -0.1) is 0 Å². The molecule has 94 valence electrons. The highest BCUT2D eigenvalue weighted by molar-refractivity contribution is 7.90. The third kappa shape index (κ3) is 2.69. The number of hydrogen-bond donors (Lipinski definition) is 1. The Hall–Kier alpha value is -0.870. The van der Waals surface area contributed by atoms with Crippen molar-refractivity contribution in [1.82, 2.24) is 0 Å². The molecule has 17 heavy (non-hydrogen) atoms. The van der Waals surface area contributed by atoms with Gasteiger partial charge in [-0.25, -0.2) is 8.42 Å². The molecule has 1 fully saturated rings. The van der Waals surface area contributed by atoms with Crippen molar-refractivity contribution in [3.63, 3.8) is 0 Å². The summed E-state index contributed by atoms with van der Waals surface area (Å²) in [7, 11) is -3.09. The first-order chi connectivity index (χ1) is 7.95. The van der Waals surface area contributed by atoms with Crippen LogP contribution in [0.3, 0.4) is 0 Å². The third-order valence-corrected chi connectivity index (χ3v) is 4.91. The molecule has 1 aromatic rings. The average Bonchev–Trinajstić information content (AvgIpc) is 2.23. The maximum atomic E-state index is 11.3. The molecule has 0 amide bonds. The van der Waals surface area contributed by atoms with Gasteiger partial charge in [0, 0.05) is 6.26 Å². The van der Waals surface area contributed by atoms with E-state index in [9.17, 15) is 8.42 Å². The summed E-state index contributed by atoms with van der Waals surface area (Å²) in [6.07, 6.45) is 5.84. The van der Waals surface area contributed by atoms with Gasteiger partial charge in [0.15, 0.2) is 9.84 Å². The van der Waals surface area contributed by atoms with Crippen LogP contribution in [0.2, 0.25) is 0 Å². The number of rotatable bonds is 4.